The van der Waals surface area contributed by atoms with Crippen LogP contribution in [0.15, 0.2) is 48.8 Å². The molecule has 0 bridgehead atoms. The zero-order valence-electron chi connectivity index (χ0n) is 17.1. The van der Waals surface area contributed by atoms with Gasteiger partial charge in [0.1, 0.15) is 17.3 Å². The molecule has 8 heteroatoms. The highest BCUT2D eigenvalue weighted by molar-refractivity contribution is 6.30. The summed E-state index contributed by atoms with van der Waals surface area (Å²) >= 11 is 5.60. The number of ether oxygens (including phenoxy) is 1. The normalized spacial score (nSPS) is 12.8. The van der Waals surface area contributed by atoms with E-state index in [1.807, 2.05) is 6.07 Å². The number of benzene rings is 1. The number of halogens is 2. The van der Waals surface area contributed by atoms with Gasteiger partial charge in [-0.3, -0.25) is 14.6 Å². The number of hydrogen-bond acceptors (Lipinski definition) is 4. The summed E-state index contributed by atoms with van der Waals surface area (Å²) < 4.78 is 18.6. The number of carbonyl (C=O) groups excluding carboxylic acids is 2. The van der Waals surface area contributed by atoms with Crippen molar-refractivity contribution in [2.75, 3.05) is 13.2 Å². The monoisotopic (exact) mass is 445 g/mol. The first kappa shape index (κ1) is 22.7. The Morgan fingerprint density at radius 3 is 2.74 bits per heavy atom. The number of rotatable bonds is 11. The summed E-state index contributed by atoms with van der Waals surface area (Å²) in [6.07, 6.45) is 6.91. The molecule has 3 rings (SSSR count). The Bertz CT molecular complexity index is 946. The number of hydrogen-bond donors (Lipinski definition) is 2. The van der Waals surface area contributed by atoms with Gasteiger partial charge in [0.2, 0.25) is 0 Å². The predicted octanol–water partition coefficient (Wildman–Crippen LogP) is 4.05. The van der Waals surface area contributed by atoms with Crippen molar-refractivity contribution in [2.45, 2.75) is 32.1 Å². The Morgan fingerprint density at radius 1 is 1.26 bits per heavy atom. The topological polar surface area (TPSA) is 80.3 Å². The van der Waals surface area contributed by atoms with Crippen molar-refractivity contribution in [3.63, 3.8) is 0 Å². The molecule has 1 aliphatic rings. The molecule has 6 nitrogen and oxygen atoms in total. The number of amides is 2. The smallest absolute Gasteiger partial charge is 0.273 e. The lowest BCUT2D eigenvalue weighted by Gasteiger charge is -2.10. The van der Waals surface area contributed by atoms with Gasteiger partial charge in [-0.05, 0) is 42.5 Å². The Hall–Kier alpha value is -2.93. The van der Waals surface area contributed by atoms with Crippen molar-refractivity contribution in [1.29, 1.82) is 0 Å². The van der Waals surface area contributed by atoms with E-state index < -0.39 is 5.82 Å². The number of carbonyl (C=O) groups is 2. The van der Waals surface area contributed by atoms with E-state index in [0.29, 0.717) is 17.8 Å². The fourth-order valence-corrected chi connectivity index (χ4v) is 3.01. The summed E-state index contributed by atoms with van der Waals surface area (Å²) in [5, 5.41) is 5.32. The molecule has 31 heavy (non-hydrogen) atoms. The van der Waals surface area contributed by atoms with Gasteiger partial charge in [-0.1, -0.05) is 37.1 Å². The van der Waals surface area contributed by atoms with Gasteiger partial charge in [0, 0.05) is 30.9 Å². The van der Waals surface area contributed by atoms with E-state index in [9.17, 15) is 14.0 Å². The third-order valence-corrected chi connectivity index (χ3v) is 5.20. The molecule has 2 amide bonds. The number of aromatic nitrogens is 1. The van der Waals surface area contributed by atoms with Crippen LogP contribution in [0.1, 0.15) is 41.7 Å². The molecular weight excluding hydrogens is 421 g/mol. The van der Waals surface area contributed by atoms with Gasteiger partial charge in [-0.25, -0.2) is 4.39 Å². The lowest BCUT2D eigenvalue weighted by molar-refractivity contribution is -0.123. The molecule has 1 aliphatic carbocycles. The molecule has 1 heterocycles. The molecule has 1 saturated carbocycles. The van der Waals surface area contributed by atoms with E-state index in [-0.39, 0.29) is 35.7 Å². The molecular formula is C23H25ClFN3O3. The number of aryl methyl sites for hydroxylation is 1. The third-order valence-electron chi connectivity index (χ3n) is 4.90. The van der Waals surface area contributed by atoms with Crippen molar-refractivity contribution in [3.05, 3.63) is 70.9 Å². The lowest BCUT2D eigenvalue weighted by atomic mass is 10.1. The molecule has 2 N–H and O–H groups in total. The van der Waals surface area contributed by atoms with Gasteiger partial charge in [0.05, 0.1) is 5.02 Å². The number of nitrogens with zero attached hydrogens (tertiary/aromatic N) is 1. The maximum absolute atomic E-state index is 13.3. The van der Waals surface area contributed by atoms with E-state index in [4.69, 9.17) is 16.3 Å². The first-order valence-electron chi connectivity index (χ1n) is 10.2. The average Bonchev–Trinajstić information content (AvgIpc) is 3.58. The highest BCUT2D eigenvalue weighted by Gasteiger charge is 2.20. The van der Waals surface area contributed by atoms with E-state index in [2.05, 4.69) is 22.2 Å². The van der Waals surface area contributed by atoms with Crippen LogP contribution in [0.5, 0.6) is 5.75 Å². The quantitative estimate of drug-likeness (QED) is 0.547. The second-order valence-corrected chi connectivity index (χ2v) is 7.96. The van der Waals surface area contributed by atoms with Crippen molar-refractivity contribution < 1.29 is 18.7 Å². The van der Waals surface area contributed by atoms with Crippen LogP contribution < -0.4 is 15.4 Å². The molecule has 0 saturated heterocycles. The van der Waals surface area contributed by atoms with Crippen LogP contribution in [0.3, 0.4) is 0 Å². The minimum absolute atomic E-state index is 0.0166. The van der Waals surface area contributed by atoms with Gasteiger partial charge in [-0.2, -0.15) is 0 Å². The van der Waals surface area contributed by atoms with Crippen LogP contribution in [0.25, 0.3) is 0 Å². The van der Waals surface area contributed by atoms with Crippen LogP contribution in [0.2, 0.25) is 5.02 Å². The zero-order chi connectivity index (χ0) is 22.2. The van der Waals surface area contributed by atoms with Gasteiger partial charge in [-0.15, -0.1) is 0 Å². The van der Waals surface area contributed by atoms with Gasteiger partial charge >= 0.3 is 0 Å². The highest BCUT2D eigenvalue weighted by Crippen LogP contribution is 2.33. The van der Waals surface area contributed by atoms with Crippen molar-refractivity contribution in [2.24, 2.45) is 5.92 Å². The molecule has 1 aromatic heterocycles. The number of nitrogens with one attached hydrogen (secondary N) is 2. The Labute approximate surface area is 185 Å². The first-order valence-corrected chi connectivity index (χ1v) is 10.6. The molecule has 0 spiro atoms. The van der Waals surface area contributed by atoms with E-state index in [0.717, 1.165) is 24.0 Å². The van der Waals surface area contributed by atoms with Gasteiger partial charge in [0.15, 0.2) is 6.61 Å². The minimum atomic E-state index is -0.617. The summed E-state index contributed by atoms with van der Waals surface area (Å²) in [5.74, 6) is -0.260. The van der Waals surface area contributed by atoms with Crippen molar-refractivity contribution in [3.8, 4) is 5.75 Å². The highest BCUT2D eigenvalue weighted by atomic mass is 35.5. The largest absolute Gasteiger partial charge is 0.484 e. The molecule has 0 unspecified atom stereocenters. The van der Waals surface area contributed by atoms with Gasteiger partial charge in [0.25, 0.3) is 11.8 Å². The minimum Gasteiger partial charge on any atom is -0.484 e. The summed E-state index contributed by atoms with van der Waals surface area (Å²) in [7, 11) is 0. The molecule has 0 atom stereocenters. The predicted molar refractivity (Wildman–Crippen MR) is 116 cm³/mol. The van der Waals surface area contributed by atoms with Crippen LogP contribution >= 0.6 is 11.6 Å². The lowest BCUT2D eigenvalue weighted by Crippen LogP contribution is -2.31. The fourth-order valence-electron chi connectivity index (χ4n) is 2.89. The summed E-state index contributed by atoms with van der Waals surface area (Å²) in [6, 6.07) is 7.58. The molecule has 164 valence electrons. The Kier molecular flexibility index (Phi) is 8.00. The summed E-state index contributed by atoms with van der Waals surface area (Å²) in [6.45, 7) is 3.81. The number of pyridine rings is 1. The van der Waals surface area contributed by atoms with Crippen molar-refractivity contribution >= 4 is 23.4 Å². The average molecular weight is 446 g/mol. The maximum Gasteiger partial charge on any atom is 0.273 e. The van der Waals surface area contributed by atoms with Crippen LogP contribution in [-0.2, 0) is 11.2 Å². The fraction of sp³-hybridized carbons (Fsp3) is 0.348. The maximum atomic E-state index is 13.3. The SMILES string of the molecule is C=C(CCNC(=O)COc1ccc(Cl)c(F)c1)NC(=O)c1ccc(CCC2CC2)cn1. The molecule has 0 radical (unpaired) electrons. The van der Waals surface area contributed by atoms with Crippen LogP contribution in [0, 0.1) is 11.7 Å². The molecule has 2 aromatic rings. The molecule has 0 aliphatic heterocycles. The van der Waals surface area contributed by atoms with Gasteiger partial charge < -0.3 is 15.4 Å². The third kappa shape index (κ3) is 7.68. The zero-order valence-corrected chi connectivity index (χ0v) is 17.9. The second-order valence-electron chi connectivity index (χ2n) is 7.56. The Balaban J connectivity index is 1.32. The van der Waals surface area contributed by atoms with Crippen molar-refractivity contribution in [1.82, 2.24) is 15.6 Å². The van der Waals surface area contributed by atoms with E-state index in [1.54, 1.807) is 12.3 Å². The first-order chi connectivity index (χ1) is 14.9. The summed E-state index contributed by atoms with van der Waals surface area (Å²) in [4.78, 5) is 28.3. The molecule has 1 fully saturated rings. The van der Waals surface area contributed by atoms with E-state index >= 15 is 0 Å². The Morgan fingerprint density at radius 2 is 2.06 bits per heavy atom. The van der Waals surface area contributed by atoms with Crippen LogP contribution in [0.4, 0.5) is 4.39 Å². The molecule has 1 aromatic carbocycles. The van der Waals surface area contributed by atoms with E-state index in [1.165, 1.54) is 31.4 Å². The standard InChI is InChI=1S/C23H25ClFN3O3/c1-15(10-11-26-22(29)14-31-18-7-8-19(24)20(25)12-18)28-23(30)21-9-6-17(13-27-21)5-4-16-2-3-16/h6-9,12-13,16H,1-5,10-11,14H2,(H,26,29)(H,28,30). The van der Waals surface area contributed by atoms with Crippen LogP contribution in [-0.4, -0.2) is 29.9 Å². The summed E-state index contributed by atoms with van der Waals surface area (Å²) in [5.41, 5.74) is 1.92. The second kappa shape index (κ2) is 10.9.